The van der Waals surface area contributed by atoms with Gasteiger partial charge in [0.15, 0.2) is 11.0 Å². The van der Waals surface area contributed by atoms with Gasteiger partial charge in [-0.15, -0.1) is 20.4 Å². The third kappa shape index (κ3) is 4.02. The van der Waals surface area contributed by atoms with Gasteiger partial charge in [0.2, 0.25) is 11.0 Å². The van der Waals surface area contributed by atoms with Gasteiger partial charge >= 0.3 is 0 Å². The molecule has 26 heavy (non-hydrogen) atoms. The van der Waals surface area contributed by atoms with Gasteiger partial charge in [-0.2, -0.15) is 0 Å². The van der Waals surface area contributed by atoms with Crippen LogP contribution in [0, 0.1) is 6.92 Å². The second-order valence-corrected chi connectivity index (χ2v) is 7.34. The Balaban J connectivity index is 1.73. The number of ether oxygens (including phenoxy) is 1. The average Bonchev–Trinajstić information content (AvgIpc) is 3.25. The third-order valence-electron chi connectivity index (χ3n) is 3.49. The summed E-state index contributed by atoms with van der Waals surface area (Å²) in [5, 5.41) is 21.0. The summed E-state index contributed by atoms with van der Waals surface area (Å²) < 4.78 is 7.37. The number of benzene rings is 1. The van der Waals surface area contributed by atoms with Gasteiger partial charge in [0.25, 0.3) is 0 Å². The summed E-state index contributed by atoms with van der Waals surface area (Å²) in [6, 6.07) is 7.66. The van der Waals surface area contributed by atoms with Crippen molar-refractivity contribution < 1.29 is 9.53 Å². The number of hydrogen-bond donors (Lipinski definition) is 1. The fourth-order valence-corrected chi connectivity index (χ4v) is 3.75. The number of rotatable bonds is 7. The number of methoxy groups -OCH3 is 1. The molecule has 1 N–H and O–H groups in total. The van der Waals surface area contributed by atoms with E-state index in [-0.39, 0.29) is 11.7 Å². The molecule has 8 nitrogen and oxygen atoms in total. The monoisotopic (exact) mass is 390 g/mol. The predicted octanol–water partition coefficient (Wildman–Crippen LogP) is 2.86. The lowest BCUT2D eigenvalue weighted by Gasteiger charge is -2.10. The van der Waals surface area contributed by atoms with Gasteiger partial charge in [-0.25, -0.2) is 0 Å². The molecule has 1 aromatic carbocycles. The summed E-state index contributed by atoms with van der Waals surface area (Å²) in [5.74, 6) is 1.50. The minimum absolute atomic E-state index is 0.157. The van der Waals surface area contributed by atoms with Crippen LogP contribution in [0.15, 0.2) is 29.4 Å². The van der Waals surface area contributed by atoms with Crippen LogP contribution in [0.1, 0.15) is 11.9 Å². The highest BCUT2D eigenvalue weighted by molar-refractivity contribution is 7.99. The van der Waals surface area contributed by atoms with Crippen molar-refractivity contribution in [3.63, 3.8) is 0 Å². The molecule has 0 spiro atoms. The standard InChI is InChI=1S/C16H18N6O2S2/c1-4-22-14(11-7-5-6-8-12(11)24-3)19-21-16(22)25-9-13(23)17-15-20-18-10(2)26-15/h5-8H,4,9H2,1-3H3,(H,17,20,23). The molecule has 2 heterocycles. The predicted molar refractivity (Wildman–Crippen MR) is 102 cm³/mol. The van der Waals surface area contributed by atoms with E-state index in [4.69, 9.17) is 4.74 Å². The molecule has 1 amide bonds. The lowest BCUT2D eigenvalue weighted by Crippen LogP contribution is -2.14. The number of nitrogens with one attached hydrogen (secondary N) is 1. The van der Waals surface area contributed by atoms with Crippen LogP contribution in [0.2, 0.25) is 0 Å². The van der Waals surface area contributed by atoms with Gasteiger partial charge in [0.05, 0.1) is 18.4 Å². The van der Waals surface area contributed by atoms with Gasteiger partial charge in [0, 0.05) is 6.54 Å². The number of aryl methyl sites for hydroxylation is 1. The minimum Gasteiger partial charge on any atom is -0.496 e. The summed E-state index contributed by atoms with van der Waals surface area (Å²) in [7, 11) is 1.63. The molecule has 0 atom stereocenters. The molecular weight excluding hydrogens is 372 g/mol. The van der Waals surface area contributed by atoms with Crippen molar-refractivity contribution in [2.45, 2.75) is 25.5 Å². The van der Waals surface area contributed by atoms with Crippen LogP contribution in [-0.2, 0) is 11.3 Å². The average molecular weight is 390 g/mol. The quantitative estimate of drug-likeness (QED) is 0.620. The van der Waals surface area contributed by atoms with Crippen LogP contribution >= 0.6 is 23.1 Å². The van der Waals surface area contributed by atoms with E-state index < -0.39 is 0 Å². The molecular formula is C16H18N6O2S2. The smallest absolute Gasteiger partial charge is 0.236 e. The summed E-state index contributed by atoms with van der Waals surface area (Å²) in [5.41, 5.74) is 0.866. The molecule has 0 aliphatic heterocycles. The zero-order valence-corrected chi connectivity index (χ0v) is 16.2. The summed E-state index contributed by atoms with van der Waals surface area (Å²) >= 11 is 2.67. The highest BCUT2D eigenvalue weighted by Gasteiger charge is 2.17. The highest BCUT2D eigenvalue weighted by atomic mass is 32.2. The largest absolute Gasteiger partial charge is 0.496 e. The van der Waals surface area contributed by atoms with Crippen LogP contribution in [0.5, 0.6) is 5.75 Å². The molecule has 0 aliphatic rings. The number of amides is 1. The minimum atomic E-state index is -0.157. The van der Waals surface area contributed by atoms with Gasteiger partial charge in [0.1, 0.15) is 10.8 Å². The van der Waals surface area contributed by atoms with Crippen molar-refractivity contribution in [2.75, 3.05) is 18.2 Å². The van der Waals surface area contributed by atoms with Gasteiger partial charge in [-0.3, -0.25) is 10.1 Å². The number of carbonyl (C=O) groups excluding carboxylic acids is 1. The van der Waals surface area contributed by atoms with Crippen LogP contribution in [0.3, 0.4) is 0 Å². The van der Waals surface area contributed by atoms with Crippen LogP contribution in [-0.4, -0.2) is 43.7 Å². The van der Waals surface area contributed by atoms with E-state index in [0.29, 0.717) is 22.7 Å². The number of anilines is 1. The van der Waals surface area contributed by atoms with E-state index in [1.54, 1.807) is 7.11 Å². The molecule has 0 bridgehead atoms. The maximum Gasteiger partial charge on any atom is 0.236 e. The fourth-order valence-electron chi connectivity index (χ4n) is 2.34. The Morgan fingerprint density at radius 2 is 2.08 bits per heavy atom. The number of aromatic nitrogens is 5. The molecule has 0 fully saturated rings. The van der Waals surface area contributed by atoms with E-state index >= 15 is 0 Å². The van der Waals surface area contributed by atoms with Crippen molar-refractivity contribution in [2.24, 2.45) is 0 Å². The van der Waals surface area contributed by atoms with Gasteiger partial charge in [-0.1, -0.05) is 35.2 Å². The van der Waals surface area contributed by atoms with E-state index in [9.17, 15) is 4.79 Å². The Hall–Kier alpha value is -2.46. The van der Waals surface area contributed by atoms with Crippen LogP contribution in [0.25, 0.3) is 11.4 Å². The third-order valence-corrected chi connectivity index (χ3v) is 5.21. The van der Waals surface area contributed by atoms with E-state index in [0.717, 1.165) is 16.3 Å². The molecule has 0 aliphatic carbocycles. The Bertz CT molecular complexity index is 908. The Kier molecular flexibility index (Phi) is 5.84. The Morgan fingerprint density at radius 3 is 2.77 bits per heavy atom. The van der Waals surface area contributed by atoms with Crippen molar-refractivity contribution in [3.05, 3.63) is 29.3 Å². The molecule has 0 unspecified atom stereocenters. The molecule has 2 aromatic heterocycles. The second-order valence-electron chi connectivity index (χ2n) is 5.21. The SMILES string of the molecule is CCn1c(SCC(=O)Nc2nnc(C)s2)nnc1-c1ccccc1OC. The topological polar surface area (TPSA) is 94.8 Å². The van der Waals surface area contributed by atoms with Crippen LogP contribution < -0.4 is 10.1 Å². The first-order chi connectivity index (χ1) is 12.6. The zero-order chi connectivity index (χ0) is 18.5. The summed E-state index contributed by atoms with van der Waals surface area (Å²) in [4.78, 5) is 12.1. The van der Waals surface area contributed by atoms with E-state index in [2.05, 4.69) is 25.7 Å². The second kappa shape index (κ2) is 8.28. The first kappa shape index (κ1) is 18.3. The van der Waals surface area contributed by atoms with Crippen molar-refractivity contribution >= 4 is 34.1 Å². The zero-order valence-electron chi connectivity index (χ0n) is 14.6. The lowest BCUT2D eigenvalue weighted by molar-refractivity contribution is -0.113. The first-order valence-corrected chi connectivity index (χ1v) is 9.72. The van der Waals surface area contributed by atoms with Crippen LogP contribution in [0.4, 0.5) is 5.13 Å². The molecule has 3 aromatic rings. The van der Waals surface area contributed by atoms with Crippen molar-refractivity contribution in [1.29, 1.82) is 0 Å². The molecule has 3 rings (SSSR count). The maximum atomic E-state index is 12.1. The molecule has 0 saturated heterocycles. The number of hydrogen-bond acceptors (Lipinski definition) is 8. The van der Waals surface area contributed by atoms with Gasteiger partial charge in [-0.05, 0) is 26.0 Å². The number of nitrogens with zero attached hydrogens (tertiary/aromatic N) is 5. The molecule has 0 saturated carbocycles. The lowest BCUT2D eigenvalue weighted by atomic mass is 10.2. The van der Waals surface area contributed by atoms with Crippen molar-refractivity contribution in [3.8, 4) is 17.1 Å². The fraction of sp³-hybridized carbons (Fsp3) is 0.312. The number of thioether (sulfide) groups is 1. The highest BCUT2D eigenvalue weighted by Crippen LogP contribution is 2.30. The molecule has 136 valence electrons. The molecule has 10 heteroatoms. The number of para-hydroxylation sites is 1. The molecule has 0 radical (unpaired) electrons. The van der Waals surface area contributed by atoms with E-state index in [1.807, 2.05) is 42.7 Å². The Labute approximate surface area is 159 Å². The Morgan fingerprint density at radius 1 is 1.27 bits per heavy atom. The van der Waals surface area contributed by atoms with E-state index in [1.165, 1.54) is 23.1 Å². The summed E-state index contributed by atoms with van der Waals surface area (Å²) in [6.45, 7) is 4.53. The van der Waals surface area contributed by atoms with Crippen molar-refractivity contribution in [1.82, 2.24) is 25.0 Å². The number of carbonyl (C=O) groups is 1. The first-order valence-electron chi connectivity index (χ1n) is 7.91. The normalized spacial score (nSPS) is 10.7. The maximum absolute atomic E-state index is 12.1. The summed E-state index contributed by atoms with van der Waals surface area (Å²) in [6.07, 6.45) is 0. The van der Waals surface area contributed by atoms with Gasteiger partial charge < -0.3 is 9.30 Å².